The minimum absolute atomic E-state index is 0.107. The zero-order valence-electron chi connectivity index (χ0n) is 30.9. The van der Waals surface area contributed by atoms with Crippen LogP contribution in [-0.4, -0.2) is 127 Å². The number of likely N-dealkylation sites (tertiary alicyclic amines) is 1. The van der Waals surface area contributed by atoms with E-state index in [0.29, 0.717) is 51.5 Å². The lowest BCUT2D eigenvalue weighted by molar-refractivity contribution is -0.114. The molecule has 3 aliphatic rings. The van der Waals surface area contributed by atoms with Gasteiger partial charge >= 0.3 is 12.2 Å². The molecule has 1 aliphatic carbocycles. The van der Waals surface area contributed by atoms with E-state index in [9.17, 15) is 9.59 Å². The molecule has 3 heterocycles. The summed E-state index contributed by atoms with van der Waals surface area (Å²) in [6, 6.07) is 3.05. The number of nitrogens with zero attached hydrogens (tertiary/aromatic N) is 1. The Morgan fingerprint density at radius 3 is 2.29 bits per heavy atom. The van der Waals surface area contributed by atoms with E-state index >= 15 is 0 Å². The van der Waals surface area contributed by atoms with Gasteiger partial charge in [-0.2, -0.15) is 0 Å². The Balaban J connectivity index is 0.897. The van der Waals surface area contributed by atoms with E-state index in [2.05, 4.69) is 35.4 Å². The molecule has 1 spiro atoms. The quantitative estimate of drug-likeness (QED) is 0.0954. The summed E-state index contributed by atoms with van der Waals surface area (Å²) in [5.41, 5.74) is 1.36. The van der Waals surface area contributed by atoms with Gasteiger partial charge in [0.2, 0.25) is 0 Å². The van der Waals surface area contributed by atoms with E-state index in [4.69, 9.17) is 44.8 Å². The third kappa shape index (κ3) is 14.9. The lowest BCUT2D eigenvalue weighted by Crippen LogP contribution is -2.54. The highest BCUT2D eigenvalue weighted by Gasteiger charge is 2.45. The molecule has 0 radical (unpaired) electrons. The summed E-state index contributed by atoms with van der Waals surface area (Å²) in [5, 5.41) is 5.62. The van der Waals surface area contributed by atoms with Gasteiger partial charge in [0.1, 0.15) is 13.2 Å². The number of alkyl halides is 1. The van der Waals surface area contributed by atoms with Crippen molar-refractivity contribution in [1.29, 1.82) is 0 Å². The molecular formula is C37H62ClN3O9S. The first-order chi connectivity index (χ1) is 24.9. The molecular weight excluding hydrogens is 698 g/mol. The second-order valence-corrected chi connectivity index (χ2v) is 15.3. The normalized spacial score (nSPS) is 23.1. The van der Waals surface area contributed by atoms with Crippen LogP contribution < -0.4 is 10.6 Å². The average Bonchev–Trinajstić information content (AvgIpc) is 3.55. The van der Waals surface area contributed by atoms with Crippen molar-refractivity contribution in [2.24, 2.45) is 5.92 Å². The van der Waals surface area contributed by atoms with E-state index in [1.54, 1.807) is 0 Å². The summed E-state index contributed by atoms with van der Waals surface area (Å²) in [6.07, 6.45) is 9.66. The topological polar surface area (TPSA) is 126 Å². The fourth-order valence-corrected chi connectivity index (χ4v) is 8.41. The number of piperidine rings is 1. The van der Waals surface area contributed by atoms with Crippen LogP contribution in [0.15, 0.2) is 6.07 Å². The molecule has 1 saturated carbocycles. The fourth-order valence-electron chi connectivity index (χ4n) is 7.05. The van der Waals surface area contributed by atoms with Crippen molar-refractivity contribution in [2.75, 3.05) is 98.2 Å². The molecule has 2 atom stereocenters. The van der Waals surface area contributed by atoms with Gasteiger partial charge in [0, 0.05) is 60.4 Å². The number of carbonyl (C=O) groups is 2. The summed E-state index contributed by atoms with van der Waals surface area (Å²) >= 11 is 7.64. The third-order valence-electron chi connectivity index (χ3n) is 9.86. The molecule has 1 aromatic rings. The number of hydrogen-bond donors (Lipinski definition) is 2. The van der Waals surface area contributed by atoms with E-state index < -0.39 is 12.2 Å². The first-order valence-corrected chi connectivity index (χ1v) is 20.5. The Bertz CT molecular complexity index is 1140. The highest BCUT2D eigenvalue weighted by molar-refractivity contribution is 7.12. The molecule has 14 heteroatoms. The maximum Gasteiger partial charge on any atom is 0.407 e. The van der Waals surface area contributed by atoms with Crippen LogP contribution in [0.3, 0.4) is 0 Å². The fraction of sp³-hybridized carbons (Fsp3) is 0.838. The summed E-state index contributed by atoms with van der Waals surface area (Å²) in [6.45, 7) is 11.6. The molecule has 1 saturated heterocycles. The smallest absolute Gasteiger partial charge is 0.407 e. The molecule has 0 unspecified atom stereocenters. The Morgan fingerprint density at radius 1 is 0.922 bits per heavy atom. The van der Waals surface area contributed by atoms with Crippen molar-refractivity contribution >= 4 is 35.1 Å². The number of carbonyl (C=O) groups excluding carboxylic acids is 2. The second-order valence-electron chi connectivity index (χ2n) is 13.7. The predicted molar refractivity (Wildman–Crippen MR) is 198 cm³/mol. The number of alkyl carbamates (subject to hydrolysis) is 2. The Kier molecular flexibility index (Phi) is 19.7. The molecule has 12 nitrogen and oxygen atoms in total. The van der Waals surface area contributed by atoms with Gasteiger partial charge < -0.3 is 48.7 Å². The number of hydrogen-bond acceptors (Lipinski definition) is 11. The van der Waals surface area contributed by atoms with Crippen molar-refractivity contribution < 1.29 is 42.7 Å². The number of nitrogens with one attached hydrogen (secondary N) is 2. The highest BCUT2D eigenvalue weighted by atomic mass is 35.5. The van der Waals surface area contributed by atoms with Crippen LogP contribution in [0.5, 0.6) is 0 Å². The number of unbranched alkanes of at least 4 members (excludes halogenated alkanes) is 3. The van der Waals surface area contributed by atoms with Gasteiger partial charge in [0.25, 0.3) is 0 Å². The first-order valence-electron chi connectivity index (χ1n) is 19.1. The second kappa shape index (κ2) is 23.9. The number of aryl methyl sites for hydroxylation is 1. The van der Waals surface area contributed by atoms with Crippen molar-refractivity contribution in [3.63, 3.8) is 0 Å². The van der Waals surface area contributed by atoms with Gasteiger partial charge in [-0.15, -0.1) is 22.9 Å². The van der Waals surface area contributed by atoms with Crippen LogP contribution >= 0.6 is 22.9 Å². The van der Waals surface area contributed by atoms with Crippen LogP contribution in [-0.2, 0) is 51.6 Å². The van der Waals surface area contributed by atoms with Gasteiger partial charge in [0.15, 0.2) is 0 Å². The van der Waals surface area contributed by atoms with Crippen LogP contribution in [0.2, 0.25) is 0 Å². The standard InChI is InChI=1S/C37H62ClN3O9S/c1-3-32-26-33-34(51-32)8-14-50-37(33)9-12-41(29(2)27-37)28-30-24-31(25-30)40-36(43)49-23-21-47-19-18-46-20-22-48-35(42)39-11-15-45-17-16-44-13-7-5-4-6-10-38/h26,29-31H,3-25,27-28H2,1-2H3,(H,39,42)(H,40,43)/t29-,30?,31?,37+/m0/s1. The predicted octanol–water partition coefficient (Wildman–Crippen LogP) is 5.66. The van der Waals surface area contributed by atoms with Crippen LogP contribution in [0.4, 0.5) is 9.59 Å². The molecule has 0 aromatic carbocycles. The largest absolute Gasteiger partial charge is 0.447 e. The Morgan fingerprint density at radius 2 is 1.59 bits per heavy atom. The number of halogens is 1. The molecule has 0 bridgehead atoms. The zero-order chi connectivity index (χ0) is 36.2. The highest BCUT2D eigenvalue weighted by Crippen LogP contribution is 2.46. The average molecular weight is 760 g/mol. The van der Waals surface area contributed by atoms with Crippen molar-refractivity contribution in [2.45, 2.75) is 95.7 Å². The van der Waals surface area contributed by atoms with Gasteiger partial charge in [-0.25, -0.2) is 9.59 Å². The minimum atomic E-state index is -0.512. The molecule has 2 fully saturated rings. The molecule has 1 aromatic heterocycles. The van der Waals surface area contributed by atoms with Crippen LogP contribution in [0, 0.1) is 5.92 Å². The van der Waals surface area contributed by atoms with E-state index in [1.165, 1.54) is 15.3 Å². The van der Waals surface area contributed by atoms with Gasteiger partial charge in [0.05, 0.1) is 58.5 Å². The van der Waals surface area contributed by atoms with E-state index in [0.717, 1.165) is 96.4 Å². The molecule has 51 heavy (non-hydrogen) atoms. The van der Waals surface area contributed by atoms with Gasteiger partial charge in [-0.05, 0) is 69.4 Å². The number of amides is 2. The Hall–Kier alpha value is -1.71. The number of thiophene rings is 1. The lowest BCUT2D eigenvalue weighted by atomic mass is 9.76. The van der Waals surface area contributed by atoms with Crippen molar-refractivity contribution in [3.05, 3.63) is 21.4 Å². The lowest BCUT2D eigenvalue weighted by Gasteiger charge is -2.49. The Labute approximate surface area is 313 Å². The summed E-state index contributed by atoms with van der Waals surface area (Å²) in [4.78, 5) is 29.6. The summed E-state index contributed by atoms with van der Waals surface area (Å²) in [7, 11) is 0. The van der Waals surface area contributed by atoms with Crippen molar-refractivity contribution in [3.8, 4) is 0 Å². The third-order valence-corrected chi connectivity index (χ3v) is 11.5. The number of fused-ring (bicyclic) bond motifs is 2. The molecule has 2 aliphatic heterocycles. The zero-order valence-corrected chi connectivity index (χ0v) is 32.5. The molecule has 4 rings (SSSR count). The molecule has 292 valence electrons. The monoisotopic (exact) mass is 759 g/mol. The van der Waals surface area contributed by atoms with Crippen LogP contribution in [0.1, 0.15) is 80.5 Å². The van der Waals surface area contributed by atoms with E-state index in [1.807, 2.05) is 11.3 Å². The van der Waals surface area contributed by atoms with Crippen molar-refractivity contribution in [1.82, 2.24) is 15.5 Å². The first kappa shape index (κ1) is 42.0. The van der Waals surface area contributed by atoms with E-state index in [-0.39, 0.29) is 38.1 Å². The van der Waals surface area contributed by atoms with Gasteiger partial charge in [-0.3, -0.25) is 0 Å². The summed E-state index contributed by atoms with van der Waals surface area (Å²) in [5.74, 6) is 1.31. The maximum absolute atomic E-state index is 12.2. The van der Waals surface area contributed by atoms with Gasteiger partial charge in [-0.1, -0.05) is 19.8 Å². The maximum atomic E-state index is 12.2. The SMILES string of the molecule is CCc1cc2c(s1)CCO[C@@]21CCN(CC2CC(NC(=O)OCCOCCOCCOC(=O)NCCOCCOCCCCCCCl)C2)[C@@H](C)C1. The number of rotatable bonds is 25. The van der Waals surface area contributed by atoms with Crippen LogP contribution in [0.25, 0.3) is 0 Å². The molecule has 2 amide bonds. The molecule has 2 N–H and O–H groups in total. The number of ether oxygens (including phenoxy) is 7. The minimum Gasteiger partial charge on any atom is -0.447 e. The summed E-state index contributed by atoms with van der Waals surface area (Å²) < 4.78 is 38.7.